The van der Waals surface area contributed by atoms with Gasteiger partial charge in [-0.25, -0.2) is 0 Å². The summed E-state index contributed by atoms with van der Waals surface area (Å²) in [5, 5.41) is 26.4. The predicted molar refractivity (Wildman–Crippen MR) is 163 cm³/mol. The van der Waals surface area contributed by atoms with E-state index in [0.29, 0.717) is 0 Å². The van der Waals surface area contributed by atoms with Crippen LogP contribution >= 0.6 is 0 Å². The summed E-state index contributed by atoms with van der Waals surface area (Å²) < 4.78 is 0. The van der Waals surface area contributed by atoms with E-state index in [1.54, 1.807) is 0 Å². The van der Waals surface area contributed by atoms with E-state index in [0.717, 1.165) is 78.5 Å². The Kier molecular flexibility index (Phi) is 12.5. The molecule has 0 aliphatic carbocycles. The Bertz CT molecular complexity index is 1100. The third-order valence-corrected chi connectivity index (χ3v) is 6.78. The van der Waals surface area contributed by atoms with Crippen LogP contribution in [0.1, 0.15) is 11.1 Å². The molecule has 0 aliphatic rings. The van der Waals surface area contributed by atoms with Gasteiger partial charge in [-0.05, 0) is 32.7 Å². The largest absolute Gasteiger partial charge is 0.314 e. The number of rotatable bonds is 19. The lowest BCUT2D eigenvalue weighted by molar-refractivity contribution is 0.552. The first-order valence-corrected chi connectivity index (χ1v) is 14.1. The Hall–Kier alpha value is -2.84. The smallest absolute Gasteiger partial charge is 0.0212 e. The molecule has 38 heavy (non-hydrogen) atoms. The molecule has 6 nitrogen and oxygen atoms in total. The number of benzene rings is 4. The molecular formula is C32H44N6. The molecule has 202 valence electrons. The van der Waals surface area contributed by atoms with Crippen molar-refractivity contribution in [3.05, 3.63) is 96.1 Å². The van der Waals surface area contributed by atoms with Gasteiger partial charge in [-0.2, -0.15) is 0 Å². The Morgan fingerprint density at radius 2 is 0.632 bits per heavy atom. The zero-order valence-electron chi connectivity index (χ0n) is 22.6. The SMILES string of the molecule is c1ccc2c(CNCCNCCNCCNCCNCCNCc3cccc4ccccc34)cccc2c1. The first-order valence-electron chi connectivity index (χ1n) is 14.1. The first-order chi connectivity index (χ1) is 18.9. The van der Waals surface area contributed by atoms with E-state index in [1.165, 1.54) is 32.7 Å². The summed E-state index contributed by atoms with van der Waals surface area (Å²) in [6.07, 6.45) is 0. The molecule has 4 aromatic rings. The Labute approximate surface area is 228 Å². The van der Waals surface area contributed by atoms with E-state index in [4.69, 9.17) is 0 Å². The Morgan fingerprint density at radius 3 is 1.03 bits per heavy atom. The van der Waals surface area contributed by atoms with Crippen LogP contribution in [0.4, 0.5) is 0 Å². The van der Waals surface area contributed by atoms with Crippen molar-refractivity contribution >= 4 is 21.5 Å². The number of nitrogens with one attached hydrogen (secondary N) is 6. The summed E-state index contributed by atoms with van der Waals surface area (Å²) >= 11 is 0. The quantitative estimate of drug-likeness (QED) is 0.108. The highest BCUT2D eigenvalue weighted by Gasteiger charge is 2.00. The average Bonchev–Trinajstić information content (AvgIpc) is 2.96. The van der Waals surface area contributed by atoms with Gasteiger partial charge < -0.3 is 31.9 Å². The second kappa shape index (κ2) is 16.9. The number of hydrogen-bond acceptors (Lipinski definition) is 6. The van der Waals surface area contributed by atoms with Crippen molar-refractivity contribution < 1.29 is 0 Å². The molecule has 0 atom stereocenters. The van der Waals surface area contributed by atoms with Crippen LogP contribution < -0.4 is 31.9 Å². The van der Waals surface area contributed by atoms with Gasteiger partial charge >= 0.3 is 0 Å². The molecule has 0 unspecified atom stereocenters. The maximum Gasteiger partial charge on any atom is 0.0212 e. The van der Waals surface area contributed by atoms with Gasteiger partial charge in [0.2, 0.25) is 0 Å². The molecule has 0 aromatic heterocycles. The van der Waals surface area contributed by atoms with E-state index >= 15 is 0 Å². The summed E-state index contributed by atoms with van der Waals surface area (Å²) in [6, 6.07) is 30.2. The molecular weight excluding hydrogens is 468 g/mol. The summed E-state index contributed by atoms with van der Waals surface area (Å²) in [7, 11) is 0. The Balaban J connectivity index is 0.900. The van der Waals surface area contributed by atoms with Crippen LogP contribution in [0.15, 0.2) is 84.9 Å². The van der Waals surface area contributed by atoms with Crippen LogP contribution in [-0.2, 0) is 13.1 Å². The van der Waals surface area contributed by atoms with Crippen molar-refractivity contribution in [2.24, 2.45) is 0 Å². The van der Waals surface area contributed by atoms with Gasteiger partial charge in [0.05, 0.1) is 0 Å². The molecule has 0 bridgehead atoms. The Morgan fingerprint density at radius 1 is 0.316 bits per heavy atom. The zero-order chi connectivity index (χ0) is 26.1. The van der Waals surface area contributed by atoms with E-state index in [2.05, 4.69) is 117 Å². The van der Waals surface area contributed by atoms with Gasteiger partial charge in [-0.15, -0.1) is 0 Å². The maximum absolute atomic E-state index is 3.55. The minimum Gasteiger partial charge on any atom is -0.314 e. The van der Waals surface area contributed by atoms with Gasteiger partial charge in [0, 0.05) is 78.5 Å². The van der Waals surface area contributed by atoms with Gasteiger partial charge in [0.15, 0.2) is 0 Å². The summed E-state index contributed by atoms with van der Waals surface area (Å²) in [5.74, 6) is 0. The van der Waals surface area contributed by atoms with Crippen LogP contribution in [0, 0.1) is 0 Å². The normalized spacial score (nSPS) is 11.5. The standard InChI is InChI=1S/C32H44N6/c1-3-13-31-27(7-1)9-5-11-29(31)25-37-23-21-35-19-17-33-15-16-34-18-20-36-22-24-38-26-30-12-6-10-28-8-2-4-14-32(28)30/h1-14,33-38H,15-26H2. The van der Waals surface area contributed by atoms with E-state index in [1.807, 2.05) is 0 Å². The topological polar surface area (TPSA) is 72.2 Å². The zero-order valence-corrected chi connectivity index (χ0v) is 22.6. The van der Waals surface area contributed by atoms with Crippen LogP contribution in [0.25, 0.3) is 21.5 Å². The van der Waals surface area contributed by atoms with Crippen molar-refractivity contribution in [3.63, 3.8) is 0 Å². The van der Waals surface area contributed by atoms with Gasteiger partial charge in [-0.3, -0.25) is 0 Å². The summed E-state index contributed by atoms with van der Waals surface area (Å²) in [5.41, 5.74) is 2.72. The van der Waals surface area contributed by atoms with Crippen LogP contribution in [0.5, 0.6) is 0 Å². The maximum atomic E-state index is 3.55. The summed E-state index contributed by atoms with van der Waals surface area (Å²) in [4.78, 5) is 0. The molecule has 6 N–H and O–H groups in total. The fraction of sp³-hybridized carbons (Fsp3) is 0.375. The second-order valence-corrected chi connectivity index (χ2v) is 9.63. The molecule has 0 amide bonds. The highest BCUT2D eigenvalue weighted by Crippen LogP contribution is 2.19. The van der Waals surface area contributed by atoms with Gasteiger partial charge in [0.25, 0.3) is 0 Å². The predicted octanol–water partition coefficient (Wildman–Crippen LogP) is 3.23. The van der Waals surface area contributed by atoms with Crippen molar-refractivity contribution in [1.82, 2.24) is 31.9 Å². The highest BCUT2D eigenvalue weighted by atomic mass is 15.0. The van der Waals surface area contributed by atoms with Crippen molar-refractivity contribution in [2.45, 2.75) is 13.1 Å². The second-order valence-electron chi connectivity index (χ2n) is 9.63. The summed E-state index contributed by atoms with van der Waals surface area (Å²) in [6.45, 7) is 11.7. The lowest BCUT2D eigenvalue weighted by Gasteiger charge is -2.10. The fourth-order valence-electron chi connectivity index (χ4n) is 4.72. The van der Waals surface area contributed by atoms with Crippen LogP contribution in [0.3, 0.4) is 0 Å². The van der Waals surface area contributed by atoms with Gasteiger partial charge in [-0.1, -0.05) is 84.9 Å². The molecule has 0 spiro atoms. The van der Waals surface area contributed by atoms with Crippen LogP contribution in [0.2, 0.25) is 0 Å². The van der Waals surface area contributed by atoms with Crippen molar-refractivity contribution in [1.29, 1.82) is 0 Å². The van der Waals surface area contributed by atoms with Crippen molar-refractivity contribution in [2.75, 3.05) is 65.4 Å². The van der Waals surface area contributed by atoms with E-state index in [9.17, 15) is 0 Å². The molecule has 0 radical (unpaired) electrons. The molecule has 4 rings (SSSR count). The van der Waals surface area contributed by atoms with Crippen LogP contribution in [-0.4, -0.2) is 65.4 Å². The number of hydrogen-bond donors (Lipinski definition) is 6. The lowest BCUT2D eigenvalue weighted by atomic mass is 10.0. The molecule has 6 heteroatoms. The fourth-order valence-corrected chi connectivity index (χ4v) is 4.72. The molecule has 0 saturated heterocycles. The molecule has 0 heterocycles. The lowest BCUT2D eigenvalue weighted by Crippen LogP contribution is -2.37. The number of fused-ring (bicyclic) bond motifs is 2. The van der Waals surface area contributed by atoms with Gasteiger partial charge in [0.1, 0.15) is 0 Å². The minimum atomic E-state index is 0.906. The van der Waals surface area contributed by atoms with E-state index < -0.39 is 0 Å². The molecule has 0 saturated carbocycles. The average molecular weight is 513 g/mol. The third-order valence-electron chi connectivity index (χ3n) is 6.78. The van der Waals surface area contributed by atoms with E-state index in [-0.39, 0.29) is 0 Å². The third kappa shape index (κ3) is 9.48. The molecule has 0 fully saturated rings. The monoisotopic (exact) mass is 512 g/mol. The first kappa shape index (κ1) is 28.2. The highest BCUT2D eigenvalue weighted by molar-refractivity contribution is 5.86. The molecule has 4 aromatic carbocycles. The minimum absolute atomic E-state index is 0.906. The molecule has 0 aliphatic heterocycles. The van der Waals surface area contributed by atoms with Crippen molar-refractivity contribution in [3.8, 4) is 0 Å².